The molecule has 60 valence electrons. The summed E-state index contributed by atoms with van der Waals surface area (Å²) >= 11 is 0. The predicted octanol–water partition coefficient (Wildman–Crippen LogP) is 2.12. The fourth-order valence-corrected chi connectivity index (χ4v) is 1.68. The molecule has 0 saturated heterocycles. The van der Waals surface area contributed by atoms with Crippen molar-refractivity contribution in [1.29, 1.82) is 0 Å². The van der Waals surface area contributed by atoms with Gasteiger partial charge in [-0.3, -0.25) is 4.99 Å². The van der Waals surface area contributed by atoms with Gasteiger partial charge in [0.05, 0.1) is 6.20 Å². The first-order valence-corrected chi connectivity index (χ1v) is 4.15. The summed E-state index contributed by atoms with van der Waals surface area (Å²) in [6.45, 7) is 2.27. The number of nitrogens with zero attached hydrogens (tertiary/aromatic N) is 1. The van der Waals surface area contributed by atoms with Gasteiger partial charge in [-0.2, -0.15) is 0 Å². The lowest BCUT2D eigenvalue weighted by molar-refractivity contribution is 0.0144. The molecule has 0 amide bonds. The Kier molecular flexibility index (Phi) is 1.48. The van der Waals surface area contributed by atoms with Crippen molar-refractivity contribution >= 4 is 6.21 Å². The third-order valence-corrected chi connectivity index (χ3v) is 2.78. The number of hydrogen-bond donors (Lipinski definition) is 0. The number of rotatable bonds is 1. The molecule has 1 fully saturated rings. The highest BCUT2D eigenvalue weighted by Gasteiger charge is 2.40. The van der Waals surface area contributed by atoms with Gasteiger partial charge in [0.1, 0.15) is 12.4 Å². The third-order valence-electron chi connectivity index (χ3n) is 2.78. The normalized spacial score (nSPS) is 32.6. The summed E-state index contributed by atoms with van der Waals surface area (Å²) in [4.78, 5) is 4.08. The molecule has 0 bridgehead atoms. The van der Waals surface area contributed by atoms with Crippen LogP contribution in [0.3, 0.4) is 0 Å². The third kappa shape index (κ3) is 1.06. The highest BCUT2D eigenvalue weighted by atomic mass is 16.5. The summed E-state index contributed by atoms with van der Waals surface area (Å²) in [5.41, 5.74) is 0.369. The average molecular weight is 151 g/mol. The molecule has 11 heavy (non-hydrogen) atoms. The molecule has 0 aromatic carbocycles. The van der Waals surface area contributed by atoms with E-state index in [-0.39, 0.29) is 6.10 Å². The van der Waals surface area contributed by atoms with E-state index in [1.807, 2.05) is 6.21 Å². The van der Waals surface area contributed by atoms with Crippen LogP contribution >= 0.6 is 0 Å². The molecule has 2 heteroatoms. The van der Waals surface area contributed by atoms with E-state index >= 15 is 0 Å². The van der Waals surface area contributed by atoms with Crippen molar-refractivity contribution in [1.82, 2.24) is 0 Å². The summed E-state index contributed by atoms with van der Waals surface area (Å²) < 4.78 is 5.46. The van der Waals surface area contributed by atoms with Gasteiger partial charge in [0.25, 0.3) is 0 Å². The van der Waals surface area contributed by atoms with E-state index in [2.05, 4.69) is 11.9 Å². The lowest BCUT2D eigenvalue weighted by Crippen LogP contribution is -2.41. The first-order chi connectivity index (χ1) is 5.31. The minimum absolute atomic E-state index is 0.223. The van der Waals surface area contributed by atoms with Gasteiger partial charge in [0.2, 0.25) is 0 Å². The highest BCUT2D eigenvalue weighted by Crippen LogP contribution is 2.44. The Labute approximate surface area is 67.0 Å². The average Bonchev–Trinajstić information content (AvgIpc) is 2.02. The lowest BCUT2D eigenvalue weighted by Gasteiger charge is -2.42. The maximum Gasteiger partial charge on any atom is 0.138 e. The molecule has 1 unspecified atom stereocenters. The van der Waals surface area contributed by atoms with Crippen molar-refractivity contribution in [2.45, 2.75) is 32.3 Å². The van der Waals surface area contributed by atoms with Crippen molar-refractivity contribution in [3.05, 3.63) is 12.5 Å². The van der Waals surface area contributed by atoms with Crippen LogP contribution in [-0.2, 0) is 4.74 Å². The predicted molar refractivity (Wildman–Crippen MR) is 44.5 cm³/mol. The van der Waals surface area contributed by atoms with Crippen molar-refractivity contribution < 1.29 is 4.74 Å². The monoisotopic (exact) mass is 151 g/mol. The van der Waals surface area contributed by atoms with Crippen molar-refractivity contribution in [2.75, 3.05) is 0 Å². The van der Waals surface area contributed by atoms with Gasteiger partial charge >= 0.3 is 0 Å². The van der Waals surface area contributed by atoms with Gasteiger partial charge in [0.15, 0.2) is 0 Å². The van der Waals surface area contributed by atoms with Crippen LogP contribution in [0.25, 0.3) is 0 Å². The maximum absolute atomic E-state index is 5.46. The Morgan fingerprint density at radius 1 is 1.55 bits per heavy atom. The van der Waals surface area contributed by atoms with Crippen molar-refractivity contribution in [3.63, 3.8) is 0 Å². The van der Waals surface area contributed by atoms with Crippen LogP contribution in [0.5, 0.6) is 0 Å². The van der Waals surface area contributed by atoms with Gasteiger partial charge in [-0.05, 0) is 12.8 Å². The molecular weight excluding hydrogens is 138 g/mol. The minimum atomic E-state index is 0.223. The van der Waals surface area contributed by atoms with E-state index in [1.54, 1.807) is 12.5 Å². The minimum Gasteiger partial charge on any atom is -0.490 e. The Bertz CT molecular complexity index is 204. The topological polar surface area (TPSA) is 21.6 Å². The molecule has 2 rings (SSSR count). The molecule has 1 aliphatic carbocycles. The quantitative estimate of drug-likeness (QED) is 0.562. The molecule has 0 aromatic rings. The number of ether oxygens (including phenoxy) is 1. The van der Waals surface area contributed by atoms with E-state index in [9.17, 15) is 0 Å². The van der Waals surface area contributed by atoms with Gasteiger partial charge in [-0.15, -0.1) is 0 Å². The lowest BCUT2D eigenvalue weighted by atomic mass is 9.67. The number of hydrogen-bond acceptors (Lipinski definition) is 2. The summed E-state index contributed by atoms with van der Waals surface area (Å²) in [6, 6.07) is 0. The molecule has 1 aliphatic heterocycles. The van der Waals surface area contributed by atoms with Crippen LogP contribution in [0.2, 0.25) is 0 Å². The fraction of sp³-hybridized carbons (Fsp3) is 0.667. The van der Waals surface area contributed by atoms with Gasteiger partial charge in [-0.1, -0.05) is 13.3 Å². The van der Waals surface area contributed by atoms with E-state index in [0.29, 0.717) is 5.41 Å². The Hall–Kier alpha value is -0.790. The molecule has 1 heterocycles. The van der Waals surface area contributed by atoms with Crippen molar-refractivity contribution in [2.24, 2.45) is 10.4 Å². The summed E-state index contributed by atoms with van der Waals surface area (Å²) in [6.07, 6.45) is 9.41. The van der Waals surface area contributed by atoms with E-state index < -0.39 is 0 Å². The molecule has 2 aliphatic rings. The second kappa shape index (κ2) is 2.36. The SMILES string of the molecule is CC1(C2C=NC=CO2)CCC1. The zero-order valence-electron chi connectivity index (χ0n) is 6.79. The van der Waals surface area contributed by atoms with Crippen LogP contribution < -0.4 is 0 Å². The zero-order valence-corrected chi connectivity index (χ0v) is 6.79. The molecule has 0 spiro atoms. The second-order valence-corrected chi connectivity index (χ2v) is 3.65. The summed E-state index contributed by atoms with van der Waals surface area (Å²) in [5.74, 6) is 0. The van der Waals surface area contributed by atoms with Crippen molar-refractivity contribution in [3.8, 4) is 0 Å². The van der Waals surface area contributed by atoms with Crippen LogP contribution in [0.15, 0.2) is 17.5 Å². The zero-order chi connectivity index (χ0) is 7.73. The molecule has 1 saturated carbocycles. The molecular formula is C9H13NO. The van der Waals surface area contributed by atoms with E-state index in [4.69, 9.17) is 4.74 Å². The van der Waals surface area contributed by atoms with Crippen LogP contribution in [0, 0.1) is 5.41 Å². The van der Waals surface area contributed by atoms with Gasteiger partial charge < -0.3 is 4.74 Å². The standard InChI is InChI=1S/C9H13NO/c1-9(3-2-4-9)8-7-10-5-6-11-8/h5-8H,2-4H2,1H3. The Morgan fingerprint density at radius 3 is 2.82 bits per heavy atom. The summed E-state index contributed by atoms with van der Waals surface area (Å²) in [7, 11) is 0. The molecule has 1 atom stereocenters. The first-order valence-electron chi connectivity index (χ1n) is 4.15. The molecule has 0 N–H and O–H groups in total. The van der Waals surface area contributed by atoms with Gasteiger partial charge in [0, 0.05) is 11.6 Å². The van der Waals surface area contributed by atoms with E-state index in [1.165, 1.54) is 19.3 Å². The highest BCUT2D eigenvalue weighted by molar-refractivity contribution is 5.66. The van der Waals surface area contributed by atoms with E-state index in [0.717, 1.165) is 0 Å². The fourth-order valence-electron chi connectivity index (χ4n) is 1.68. The first kappa shape index (κ1) is 6.89. The van der Waals surface area contributed by atoms with Crippen LogP contribution in [0.1, 0.15) is 26.2 Å². The smallest absolute Gasteiger partial charge is 0.138 e. The maximum atomic E-state index is 5.46. The Morgan fingerprint density at radius 2 is 2.36 bits per heavy atom. The molecule has 0 aromatic heterocycles. The molecule has 2 nitrogen and oxygen atoms in total. The largest absolute Gasteiger partial charge is 0.490 e. The van der Waals surface area contributed by atoms with Crippen LogP contribution in [-0.4, -0.2) is 12.3 Å². The van der Waals surface area contributed by atoms with Crippen LogP contribution in [0.4, 0.5) is 0 Å². The summed E-state index contributed by atoms with van der Waals surface area (Å²) in [5, 5.41) is 0. The second-order valence-electron chi connectivity index (χ2n) is 3.65. The molecule has 0 radical (unpaired) electrons. The number of aliphatic imine (C=N–C) groups is 1. The van der Waals surface area contributed by atoms with Gasteiger partial charge in [-0.25, -0.2) is 0 Å². The Balaban J connectivity index is 2.04.